The minimum Gasteiger partial charge on any atom is -0.330 e. The van der Waals surface area contributed by atoms with E-state index >= 15 is 0 Å². The van der Waals surface area contributed by atoms with E-state index in [2.05, 4.69) is 15.4 Å². The molecule has 1 atom stereocenters. The number of fused-ring (bicyclic) bond motifs is 1. The molecule has 11 heteroatoms. The highest BCUT2D eigenvalue weighted by molar-refractivity contribution is 6.34. The van der Waals surface area contributed by atoms with Crippen LogP contribution in [0.1, 0.15) is 47.2 Å². The minimum absolute atomic E-state index is 0.182. The molecule has 3 aromatic rings. The van der Waals surface area contributed by atoms with Gasteiger partial charge in [0.1, 0.15) is 5.69 Å². The second-order valence-electron chi connectivity index (χ2n) is 6.93. The molecule has 0 N–H and O–H groups in total. The predicted octanol–water partition coefficient (Wildman–Crippen LogP) is 3.92. The predicted molar refractivity (Wildman–Crippen MR) is 102 cm³/mol. The number of alkyl halides is 3. The van der Waals surface area contributed by atoms with Crippen molar-refractivity contribution in [1.29, 1.82) is 0 Å². The van der Waals surface area contributed by atoms with Crippen molar-refractivity contribution < 1.29 is 18.0 Å². The molecule has 0 saturated heterocycles. The zero-order valence-electron chi connectivity index (χ0n) is 16.2. The standard InChI is InChI=1S/C19H18ClF3N6O/c1-3-28-15(7-9-24-28)29-14-8-10-27(11(2)17(14)25-26-29)18(30)12-5-4-6-13(16(12)20)19(21,22)23/h4-7,9,11H,3,8,10H2,1-2H3. The quantitative estimate of drug-likeness (QED) is 0.621. The normalized spacial score (nSPS) is 16.6. The van der Waals surface area contributed by atoms with Crippen LogP contribution in [0.5, 0.6) is 0 Å². The van der Waals surface area contributed by atoms with Crippen molar-refractivity contribution in [3.05, 3.63) is 58.0 Å². The summed E-state index contributed by atoms with van der Waals surface area (Å²) < 4.78 is 43.0. The molecule has 1 unspecified atom stereocenters. The molecule has 3 heterocycles. The topological polar surface area (TPSA) is 68.8 Å². The zero-order valence-corrected chi connectivity index (χ0v) is 16.9. The number of amides is 1. The van der Waals surface area contributed by atoms with Gasteiger partial charge in [0.2, 0.25) is 0 Å². The zero-order chi connectivity index (χ0) is 21.6. The molecule has 158 valence electrons. The molecular formula is C19H18ClF3N6O. The number of aryl methyl sites for hydroxylation is 1. The lowest BCUT2D eigenvalue weighted by atomic mass is 10.0. The van der Waals surface area contributed by atoms with E-state index in [0.717, 1.165) is 17.6 Å². The van der Waals surface area contributed by atoms with E-state index in [1.807, 2.05) is 13.0 Å². The highest BCUT2D eigenvalue weighted by atomic mass is 35.5. The van der Waals surface area contributed by atoms with Gasteiger partial charge in [-0.25, -0.2) is 4.68 Å². The summed E-state index contributed by atoms with van der Waals surface area (Å²) >= 11 is 5.95. The Morgan fingerprint density at radius 3 is 2.77 bits per heavy atom. The third kappa shape index (κ3) is 3.24. The Bertz CT molecular complexity index is 1110. The van der Waals surface area contributed by atoms with Crippen molar-refractivity contribution in [2.24, 2.45) is 0 Å². The van der Waals surface area contributed by atoms with Crippen molar-refractivity contribution in [2.75, 3.05) is 6.54 Å². The van der Waals surface area contributed by atoms with Crippen molar-refractivity contribution in [1.82, 2.24) is 29.7 Å². The van der Waals surface area contributed by atoms with Crippen molar-refractivity contribution in [3.8, 4) is 5.82 Å². The van der Waals surface area contributed by atoms with Crippen LogP contribution in [-0.4, -0.2) is 42.1 Å². The monoisotopic (exact) mass is 438 g/mol. The van der Waals surface area contributed by atoms with E-state index in [1.165, 1.54) is 17.0 Å². The fraction of sp³-hybridized carbons (Fsp3) is 0.368. The number of nitrogens with zero attached hydrogens (tertiary/aromatic N) is 6. The smallest absolute Gasteiger partial charge is 0.330 e. The number of halogens is 4. The first-order chi connectivity index (χ1) is 14.2. The van der Waals surface area contributed by atoms with Crippen LogP contribution >= 0.6 is 11.6 Å². The number of benzene rings is 1. The van der Waals surface area contributed by atoms with Gasteiger partial charge in [-0.2, -0.15) is 23.0 Å². The first-order valence-corrected chi connectivity index (χ1v) is 9.75. The van der Waals surface area contributed by atoms with Gasteiger partial charge in [-0.05, 0) is 26.0 Å². The summed E-state index contributed by atoms with van der Waals surface area (Å²) in [5.74, 6) is 0.191. The Kier molecular flexibility index (Phi) is 5.05. The van der Waals surface area contributed by atoms with E-state index in [4.69, 9.17) is 11.6 Å². The Hall–Kier alpha value is -2.88. The fourth-order valence-electron chi connectivity index (χ4n) is 3.72. The molecule has 0 radical (unpaired) electrons. The summed E-state index contributed by atoms with van der Waals surface area (Å²) in [6.07, 6.45) is -2.52. The van der Waals surface area contributed by atoms with Crippen LogP contribution in [0.2, 0.25) is 5.02 Å². The summed E-state index contributed by atoms with van der Waals surface area (Å²) in [6.45, 7) is 4.69. The summed E-state index contributed by atoms with van der Waals surface area (Å²) in [5.41, 5.74) is 0.232. The van der Waals surface area contributed by atoms with Gasteiger partial charge in [0, 0.05) is 25.6 Å². The number of aromatic nitrogens is 5. The second-order valence-corrected chi connectivity index (χ2v) is 7.31. The summed E-state index contributed by atoms with van der Waals surface area (Å²) in [7, 11) is 0. The molecule has 0 aliphatic carbocycles. The van der Waals surface area contributed by atoms with Crippen LogP contribution in [0.4, 0.5) is 13.2 Å². The number of carbonyl (C=O) groups excluding carboxylic acids is 1. The summed E-state index contributed by atoms with van der Waals surface area (Å²) in [4.78, 5) is 14.5. The summed E-state index contributed by atoms with van der Waals surface area (Å²) in [5, 5.41) is 12.1. The molecule has 0 saturated carbocycles. The van der Waals surface area contributed by atoms with E-state index in [-0.39, 0.29) is 5.56 Å². The van der Waals surface area contributed by atoms with Crippen molar-refractivity contribution >= 4 is 17.5 Å². The van der Waals surface area contributed by atoms with E-state index in [1.54, 1.807) is 22.5 Å². The molecule has 2 aromatic heterocycles. The van der Waals surface area contributed by atoms with Gasteiger partial charge in [0.05, 0.1) is 34.1 Å². The molecule has 0 spiro atoms. The highest BCUT2D eigenvalue weighted by Crippen LogP contribution is 2.38. The van der Waals surface area contributed by atoms with Crippen LogP contribution in [0, 0.1) is 0 Å². The lowest BCUT2D eigenvalue weighted by Gasteiger charge is -2.33. The molecule has 0 fully saturated rings. The van der Waals surface area contributed by atoms with Gasteiger partial charge in [-0.3, -0.25) is 4.79 Å². The SMILES string of the molecule is CCn1nccc1-n1nnc2c1CCN(C(=O)c1cccc(C(F)(F)F)c1Cl)C2C. The van der Waals surface area contributed by atoms with Gasteiger partial charge in [0.25, 0.3) is 5.91 Å². The Morgan fingerprint density at radius 2 is 2.07 bits per heavy atom. The Labute approximate surface area is 175 Å². The Morgan fingerprint density at radius 1 is 1.30 bits per heavy atom. The van der Waals surface area contributed by atoms with Crippen LogP contribution < -0.4 is 0 Å². The van der Waals surface area contributed by atoms with E-state index in [9.17, 15) is 18.0 Å². The van der Waals surface area contributed by atoms with E-state index < -0.39 is 28.7 Å². The maximum Gasteiger partial charge on any atom is 0.417 e. The van der Waals surface area contributed by atoms with Gasteiger partial charge in [-0.1, -0.05) is 22.9 Å². The molecule has 0 bridgehead atoms. The average Bonchev–Trinajstić information content (AvgIpc) is 3.33. The minimum atomic E-state index is -4.64. The van der Waals surface area contributed by atoms with Crippen LogP contribution in [0.25, 0.3) is 5.82 Å². The lowest BCUT2D eigenvalue weighted by molar-refractivity contribution is -0.137. The van der Waals surface area contributed by atoms with Crippen LogP contribution in [0.15, 0.2) is 30.5 Å². The maximum atomic E-state index is 13.2. The third-order valence-corrected chi connectivity index (χ3v) is 5.66. The van der Waals surface area contributed by atoms with Gasteiger partial charge >= 0.3 is 6.18 Å². The molecule has 4 rings (SSSR count). The van der Waals surface area contributed by atoms with Crippen molar-refractivity contribution in [3.63, 3.8) is 0 Å². The first kappa shape index (κ1) is 20.4. The van der Waals surface area contributed by atoms with Gasteiger partial charge < -0.3 is 4.90 Å². The molecule has 1 aliphatic heterocycles. The van der Waals surface area contributed by atoms with Crippen LogP contribution in [-0.2, 0) is 19.1 Å². The lowest BCUT2D eigenvalue weighted by Crippen LogP contribution is -2.39. The molecule has 1 aliphatic rings. The second kappa shape index (κ2) is 7.42. The van der Waals surface area contributed by atoms with E-state index in [0.29, 0.717) is 25.2 Å². The maximum absolute atomic E-state index is 13.2. The molecule has 7 nitrogen and oxygen atoms in total. The number of hydrogen-bond donors (Lipinski definition) is 0. The average molecular weight is 439 g/mol. The Balaban J connectivity index is 1.67. The number of rotatable bonds is 3. The molecule has 1 amide bonds. The van der Waals surface area contributed by atoms with Gasteiger partial charge in [0.15, 0.2) is 5.82 Å². The largest absolute Gasteiger partial charge is 0.417 e. The van der Waals surface area contributed by atoms with Crippen molar-refractivity contribution in [2.45, 2.75) is 39.0 Å². The fourth-order valence-corrected chi connectivity index (χ4v) is 4.03. The van der Waals surface area contributed by atoms with Gasteiger partial charge in [-0.15, -0.1) is 5.10 Å². The van der Waals surface area contributed by atoms with Crippen LogP contribution in [0.3, 0.4) is 0 Å². The molecule has 30 heavy (non-hydrogen) atoms. The number of hydrogen-bond acceptors (Lipinski definition) is 4. The third-order valence-electron chi connectivity index (χ3n) is 5.25. The highest BCUT2D eigenvalue weighted by Gasteiger charge is 2.37. The summed E-state index contributed by atoms with van der Waals surface area (Å²) in [6, 6.07) is 4.70. The first-order valence-electron chi connectivity index (χ1n) is 9.37. The number of carbonyl (C=O) groups is 1. The molecule has 1 aromatic carbocycles. The molecular weight excluding hydrogens is 421 g/mol.